The first-order valence-corrected chi connectivity index (χ1v) is 8.97. The van der Waals surface area contributed by atoms with Crippen molar-refractivity contribution in [2.24, 2.45) is 0 Å². The summed E-state index contributed by atoms with van der Waals surface area (Å²) in [4.78, 5) is 17.0. The number of rotatable bonds is 4. The highest BCUT2D eigenvalue weighted by molar-refractivity contribution is 7.80. The second kappa shape index (κ2) is 8.19. The summed E-state index contributed by atoms with van der Waals surface area (Å²) < 4.78 is 10.6. The molecule has 5 nitrogen and oxygen atoms in total. The quantitative estimate of drug-likeness (QED) is 0.767. The standard InChI is InChI=1S/C20H22N2O3S/c1-24-17-11-10-15(14-18(17)25-2)19(23)22(16-8-4-3-5-9-16)20(26)21-12-6-7-13-21/h3-5,8-11,14H,6-7,12-13H2,1-2H3. The Morgan fingerprint density at radius 3 is 2.27 bits per heavy atom. The summed E-state index contributed by atoms with van der Waals surface area (Å²) in [5.74, 6) is 0.907. The number of ether oxygens (including phenoxy) is 2. The van der Waals surface area contributed by atoms with Crippen LogP contribution in [0.1, 0.15) is 23.2 Å². The molecule has 0 aromatic heterocycles. The van der Waals surface area contributed by atoms with Crippen LogP contribution in [0.15, 0.2) is 48.5 Å². The number of amides is 1. The van der Waals surface area contributed by atoms with Crippen molar-refractivity contribution < 1.29 is 14.3 Å². The zero-order valence-electron chi connectivity index (χ0n) is 15.0. The molecule has 1 fully saturated rings. The van der Waals surface area contributed by atoms with Crippen molar-refractivity contribution in [2.75, 3.05) is 32.2 Å². The first-order valence-electron chi connectivity index (χ1n) is 8.56. The second-order valence-electron chi connectivity index (χ2n) is 6.02. The summed E-state index contributed by atoms with van der Waals surface area (Å²) in [6, 6.07) is 14.6. The Morgan fingerprint density at radius 2 is 1.65 bits per heavy atom. The maximum atomic E-state index is 13.3. The van der Waals surface area contributed by atoms with Gasteiger partial charge in [0.1, 0.15) is 0 Å². The molecule has 1 aliphatic rings. The van der Waals surface area contributed by atoms with E-state index in [1.165, 1.54) is 0 Å². The maximum absolute atomic E-state index is 13.3. The van der Waals surface area contributed by atoms with Gasteiger partial charge in [0.05, 0.1) is 19.9 Å². The van der Waals surface area contributed by atoms with E-state index in [0.29, 0.717) is 22.2 Å². The van der Waals surface area contributed by atoms with Gasteiger partial charge >= 0.3 is 0 Å². The minimum Gasteiger partial charge on any atom is -0.493 e. The Balaban J connectivity index is 1.98. The van der Waals surface area contributed by atoms with Crippen LogP contribution in [0.4, 0.5) is 5.69 Å². The Labute approximate surface area is 159 Å². The van der Waals surface area contributed by atoms with Gasteiger partial charge in [0.15, 0.2) is 16.6 Å². The van der Waals surface area contributed by atoms with Crippen LogP contribution in [-0.4, -0.2) is 43.2 Å². The molecular weight excluding hydrogens is 348 g/mol. The predicted molar refractivity (Wildman–Crippen MR) is 106 cm³/mol. The molecular formula is C20H22N2O3S. The molecule has 26 heavy (non-hydrogen) atoms. The largest absolute Gasteiger partial charge is 0.493 e. The van der Waals surface area contributed by atoms with E-state index in [4.69, 9.17) is 21.7 Å². The van der Waals surface area contributed by atoms with Gasteiger partial charge in [-0.15, -0.1) is 0 Å². The first-order chi connectivity index (χ1) is 12.7. The fraction of sp³-hybridized carbons (Fsp3) is 0.300. The zero-order valence-corrected chi connectivity index (χ0v) is 15.8. The van der Waals surface area contributed by atoms with Crippen molar-refractivity contribution in [3.8, 4) is 11.5 Å². The van der Waals surface area contributed by atoms with Gasteiger partial charge in [-0.05, 0) is 55.4 Å². The van der Waals surface area contributed by atoms with Gasteiger partial charge in [0.25, 0.3) is 5.91 Å². The third kappa shape index (κ3) is 3.65. The number of carbonyl (C=O) groups excluding carboxylic acids is 1. The first kappa shape index (κ1) is 18.2. The lowest BCUT2D eigenvalue weighted by molar-refractivity contribution is 0.1000. The lowest BCUT2D eigenvalue weighted by Crippen LogP contribution is -2.45. The third-order valence-electron chi connectivity index (χ3n) is 4.42. The minimum atomic E-state index is -0.186. The third-order valence-corrected chi connectivity index (χ3v) is 4.86. The van der Waals surface area contributed by atoms with Gasteiger partial charge in [0, 0.05) is 18.7 Å². The number of hydrogen-bond donors (Lipinski definition) is 0. The van der Waals surface area contributed by atoms with Gasteiger partial charge < -0.3 is 14.4 Å². The molecule has 3 rings (SSSR count). The molecule has 0 unspecified atom stereocenters. The van der Waals surface area contributed by atoms with E-state index < -0.39 is 0 Å². The Morgan fingerprint density at radius 1 is 1.00 bits per heavy atom. The number of carbonyl (C=O) groups is 1. The van der Waals surface area contributed by atoms with E-state index in [9.17, 15) is 4.79 Å². The number of anilines is 1. The van der Waals surface area contributed by atoms with Crippen LogP contribution in [0.25, 0.3) is 0 Å². The van der Waals surface area contributed by atoms with Crippen molar-refractivity contribution in [1.29, 1.82) is 0 Å². The van der Waals surface area contributed by atoms with Crippen molar-refractivity contribution >= 4 is 28.9 Å². The van der Waals surface area contributed by atoms with Gasteiger partial charge in [-0.3, -0.25) is 9.69 Å². The minimum absolute atomic E-state index is 0.186. The highest BCUT2D eigenvalue weighted by Gasteiger charge is 2.27. The number of thiocarbonyl (C=S) groups is 1. The molecule has 1 aliphatic heterocycles. The van der Waals surface area contributed by atoms with E-state index in [2.05, 4.69) is 4.90 Å². The molecule has 0 bridgehead atoms. The zero-order chi connectivity index (χ0) is 18.5. The molecule has 0 spiro atoms. The fourth-order valence-electron chi connectivity index (χ4n) is 3.04. The summed E-state index contributed by atoms with van der Waals surface area (Å²) in [6.07, 6.45) is 2.18. The van der Waals surface area contributed by atoms with Crippen LogP contribution in [0.5, 0.6) is 11.5 Å². The molecule has 0 atom stereocenters. The van der Waals surface area contributed by atoms with Crippen molar-refractivity contribution in [1.82, 2.24) is 4.90 Å². The van der Waals surface area contributed by atoms with E-state index >= 15 is 0 Å². The number of methoxy groups -OCH3 is 2. The summed E-state index contributed by atoms with van der Waals surface area (Å²) in [5, 5.41) is 0.536. The molecule has 2 aromatic rings. The van der Waals surface area contributed by atoms with Gasteiger partial charge in [-0.25, -0.2) is 0 Å². The molecule has 6 heteroatoms. The van der Waals surface area contributed by atoms with E-state index in [1.54, 1.807) is 37.3 Å². The number of benzene rings is 2. The molecule has 1 heterocycles. The number of likely N-dealkylation sites (tertiary alicyclic amines) is 1. The van der Waals surface area contributed by atoms with Crippen molar-refractivity contribution in [2.45, 2.75) is 12.8 Å². The van der Waals surface area contributed by atoms with E-state index in [0.717, 1.165) is 31.6 Å². The van der Waals surface area contributed by atoms with Crippen LogP contribution < -0.4 is 14.4 Å². The van der Waals surface area contributed by atoms with E-state index in [1.807, 2.05) is 30.3 Å². The maximum Gasteiger partial charge on any atom is 0.264 e. The lowest BCUT2D eigenvalue weighted by atomic mass is 10.1. The van der Waals surface area contributed by atoms with E-state index in [-0.39, 0.29) is 5.91 Å². The van der Waals surface area contributed by atoms with Crippen molar-refractivity contribution in [3.63, 3.8) is 0 Å². The average molecular weight is 370 g/mol. The average Bonchev–Trinajstić information content (AvgIpc) is 3.23. The molecule has 0 N–H and O–H groups in total. The summed E-state index contributed by atoms with van der Waals surface area (Å²) in [5.41, 5.74) is 1.25. The molecule has 136 valence electrons. The van der Waals surface area contributed by atoms with Crippen LogP contribution in [0.2, 0.25) is 0 Å². The van der Waals surface area contributed by atoms with Crippen LogP contribution in [0.3, 0.4) is 0 Å². The normalized spacial score (nSPS) is 13.4. The summed E-state index contributed by atoms with van der Waals surface area (Å²) in [6.45, 7) is 1.75. The number of hydrogen-bond acceptors (Lipinski definition) is 4. The molecule has 0 aliphatic carbocycles. The second-order valence-corrected chi connectivity index (χ2v) is 6.39. The topological polar surface area (TPSA) is 42.0 Å². The molecule has 0 saturated carbocycles. The molecule has 1 amide bonds. The number of para-hydroxylation sites is 1. The molecule has 1 saturated heterocycles. The Bertz CT molecular complexity index is 789. The molecule has 0 radical (unpaired) electrons. The molecule has 2 aromatic carbocycles. The van der Waals surface area contributed by atoms with Crippen LogP contribution >= 0.6 is 12.2 Å². The summed E-state index contributed by atoms with van der Waals surface area (Å²) in [7, 11) is 3.12. The van der Waals surface area contributed by atoms with Crippen LogP contribution in [0, 0.1) is 0 Å². The number of nitrogens with zero attached hydrogens (tertiary/aromatic N) is 2. The fourth-order valence-corrected chi connectivity index (χ4v) is 3.41. The SMILES string of the molecule is COc1ccc(C(=O)N(C(=S)N2CCCC2)c2ccccc2)cc1OC. The lowest BCUT2D eigenvalue weighted by Gasteiger charge is -2.29. The Kier molecular flexibility index (Phi) is 5.73. The predicted octanol–water partition coefficient (Wildman–Crippen LogP) is 3.73. The van der Waals surface area contributed by atoms with Gasteiger partial charge in [0.2, 0.25) is 0 Å². The van der Waals surface area contributed by atoms with Gasteiger partial charge in [-0.1, -0.05) is 18.2 Å². The summed E-state index contributed by atoms with van der Waals surface area (Å²) >= 11 is 5.68. The Hall–Kier alpha value is -2.60. The van der Waals surface area contributed by atoms with Crippen molar-refractivity contribution in [3.05, 3.63) is 54.1 Å². The van der Waals surface area contributed by atoms with Gasteiger partial charge in [-0.2, -0.15) is 0 Å². The smallest absolute Gasteiger partial charge is 0.264 e. The van der Waals surface area contributed by atoms with Crippen LogP contribution in [-0.2, 0) is 0 Å². The monoisotopic (exact) mass is 370 g/mol. The highest BCUT2D eigenvalue weighted by Crippen LogP contribution is 2.29. The highest BCUT2D eigenvalue weighted by atomic mass is 32.1.